The molecule has 0 spiro atoms. The number of hydrogen-bond acceptors (Lipinski definition) is 6. The molecule has 0 unspecified atom stereocenters. The maximum atomic E-state index is 12.9. The number of halogens is 4. The Morgan fingerprint density at radius 2 is 1.88 bits per heavy atom. The molecule has 0 saturated carbocycles. The molecule has 0 saturated heterocycles. The molecule has 1 aliphatic rings. The zero-order chi connectivity index (χ0) is 23.2. The maximum absolute atomic E-state index is 12.9. The highest BCUT2D eigenvalue weighted by Crippen LogP contribution is 2.29. The van der Waals surface area contributed by atoms with Crippen molar-refractivity contribution in [3.63, 3.8) is 0 Å². The quantitative estimate of drug-likeness (QED) is 0.491. The van der Waals surface area contributed by atoms with E-state index < -0.39 is 17.6 Å². The Labute approximate surface area is 189 Å². The third-order valence-corrected chi connectivity index (χ3v) is 5.44. The van der Waals surface area contributed by atoms with E-state index in [0.29, 0.717) is 34.8 Å². The Kier molecular flexibility index (Phi) is 5.12. The number of fused-ring (bicyclic) bond motifs is 1. The molecule has 0 aliphatic carbocycles. The summed E-state index contributed by atoms with van der Waals surface area (Å²) in [7, 11) is 0. The van der Waals surface area contributed by atoms with E-state index in [1.807, 2.05) is 12.1 Å². The lowest BCUT2D eigenvalue weighted by Gasteiger charge is -2.09. The second-order valence-electron chi connectivity index (χ2n) is 7.38. The first-order chi connectivity index (χ1) is 15.8. The van der Waals surface area contributed by atoms with Crippen LogP contribution < -0.4 is 11.1 Å². The van der Waals surface area contributed by atoms with Gasteiger partial charge in [0.25, 0.3) is 0 Å². The Morgan fingerprint density at radius 3 is 2.52 bits per heavy atom. The van der Waals surface area contributed by atoms with Gasteiger partial charge in [-0.05, 0) is 29.3 Å². The summed E-state index contributed by atoms with van der Waals surface area (Å²) < 4.78 is 40.6. The summed E-state index contributed by atoms with van der Waals surface area (Å²) in [6, 6.07) is 9.32. The molecule has 3 aromatic heterocycles. The van der Waals surface area contributed by atoms with Gasteiger partial charge in [-0.3, -0.25) is 4.98 Å². The van der Waals surface area contributed by atoms with E-state index in [0.717, 1.165) is 38.3 Å². The highest BCUT2D eigenvalue weighted by Gasteiger charge is 2.32. The van der Waals surface area contributed by atoms with E-state index in [9.17, 15) is 18.0 Å². The monoisotopic (exact) mass is 473 g/mol. The van der Waals surface area contributed by atoms with Gasteiger partial charge in [0.15, 0.2) is 5.65 Å². The number of hydrazone groups is 1. The number of benzene rings is 1. The number of rotatable bonds is 4. The second-order valence-corrected chi connectivity index (χ2v) is 7.82. The van der Waals surface area contributed by atoms with Crippen LogP contribution in [0.3, 0.4) is 0 Å². The average molecular weight is 474 g/mol. The van der Waals surface area contributed by atoms with Crippen molar-refractivity contribution in [1.82, 2.24) is 29.8 Å². The minimum Gasteiger partial charge on any atom is -0.309 e. The van der Waals surface area contributed by atoms with Gasteiger partial charge in [0.1, 0.15) is 5.69 Å². The van der Waals surface area contributed by atoms with Crippen LogP contribution in [-0.4, -0.2) is 36.6 Å². The van der Waals surface area contributed by atoms with Crippen molar-refractivity contribution in [1.29, 1.82) is 0 Å². The molecular weight excluding hydrogens is 459 g/mol. The van der Waals surface area contributed by atoms with Crippen LogP contribution in [0.2, 0.25) is 5.02 Å². The van der Waals surface area contributed by atoms with E-state index in [1.54, 1.807) is 18.3 Å². The van der Waals surface area contributed by atoms with E-state index >= 15 is 0 Å². The largest absolute Gasteiger partial charge is 0.433 e. The second kappa shape index (κ2) is 8.00. The van der Waals surface area contributed by atoms with Gasteiger partial charge in [-0.2, -0.15) is 27.9 Å². The summed E-state index contributed by atoms with van der Waals surface area (Å²) in [6.07, 6.45) is -1.26. The molecule has 1 aliphatic heterocycles. The van der Waals surface area contributed by atoms with Gasteiger partial charge >= 0.3 is 11.9 Å². The van der Waals surface area contributed by atoms with Gasteiger partial charge in [0.2, 0.25) is 0 Å². The number of aromatic nitrogens is 5. The van der Waals surface area contributed by atoms with E-state index in [1.165, 1.54) is 6.07 Å². The minimum atomic E-state index is -4.54. The van der Waals surface area contributed by atoms with Gasteiger partial charge in [-0.25, -0.2) is 9.48 Å². The predicted molar refractivity (Wildman–Crippen MR) is 115 cm³/mol. The van der Waals surface area contributed by atoms with E-state index in [-0.39, 0.29) is 6.54 Å². The molecule has 4 heterocycles. The van der Waals surface area contributed by atoms with Crippen LogP contribution in [0.1, 0.15) is 23.2 Å². The van der Waals surface area contributed by atoms with Crippen molar-refractivity contribution < 1.29 is 13.2 Å². The first-order valence-corrected chi connectivity index (χ1v) is 10.3. The van der Waals surface area contributed by atoms with Crippen LogP contribution in [-0.2, 0) is 12.7 Å². The van der Waals surface area contributed by atoms with Crippen molar-refractivity contribution in [2.24, 2.45) is 5.10 Å². The van der Waals surface area contributed by atoms with Gasteiger partial charge in [-0.15, -0.1) is 5.10 Å². The number of alkyl halides is 3. The summed E-state index contributed by atoms with van der Waals surface area (Å²) in [5, 5.41) is 13.6. The summed E-state index contributed by atoms with van der Waals surface area (Å²) in [5.74, 6) is 0. The van der Waals surface area contributed by atoms with E-state index in [4.69, 9.17) is 11.6 Å². The Morgan fingerprint density at radius 1 is 1.09 bits per heavy atom. The van der Waals surface area contributed by atoms with Gasteiger partial charge in [0.05, 0.1) is 24.0 Å². The standard InChI is InChI=1S/C21H15ClF3N7O/c22-14-4-2-13(3-5-14)15-10-28-32-19(18(15)16-7-8-27-29-16)30-31(20(32)33)11-12-1-6-17(26-9-12)21(23,24)25/h1-6,9-10,27H,7-8,11H2. The zero-order valence-corrected chi connectivity index (χ0v) is 17.6. The average Bonchev–Trinajstić information content (AvgIpc) is 3.42. The van der Waals surface area contributed by atoms with Crippen molar-refractivity contribution >= 4 is 23.0 Å². The zero-order valence-electron chi connectivity index (χ0n) is 16.8. The minimum absolute atomic E-state index is 0.0617. The lowest BCUT2D eigenvalue weighted by Crippen LogP contribution is -2.23. The number of nitrogens with zero attached hydrogens (tertiary/aromatic N) is 6. The molecule has 5 rings (SSSR count). The highest BCUT2D eigenvalue weighted by molar-refractivity contribution is 6.30. The van der Waals surface area contributed by atoms with Crippen LogP contribution >= 0.6 is 11.6 Å². The molecule has 33 heavy (non-hydrogen) atoms. The molecule has 8 nitrogen and oxygen atoms in total. The SMILES string of the molecule is O=c1n(Cc2ccc(C(F)(F)F)nc2)nc2c(C3=NNCC3)c(-c3ccc(Cl)cc3)cnn12. The molecule has 4 aromatic rings. The summed E-state index contributed by atoms with van der Waals surface area (Å²) >= 11 is 6.02. The van der Waals surface area contributed by atoms with Gasteiger partial charge in [0, 0.05) is 29.7 Å². The molecule has 0 fully saturated rings. The van der Waals surface area contributed by atoms with Crippen LogP contribution in [0.5, 0.6) is 0 Å². The molecule has 0 atom stereocenters. The molecule has 168 valence electrons. The van der Waals surface area contributed by atoms with Crippen molar-refractivity contribution in [2.45, 2.75) is 19.1 Å². The van der Waals surface area contributed by atoms with Gasteiger partial charge in [-0.1, -0.05) is 29.8 Å². The lowest BCUT2D eigenvalue weighted by molar-refractivity contribution is -0.141. The highest BCUT2D eigenvalue weighted by atomic mass is 35.5. The molecule has 0 bridgehead atoms. The Bertz CT molecular complexity index is 1420. The fourth-order valence-corrected chi connectivity index (χ4v) is 3.74. The normalized spacial score (nSPS) is 13.9. The maximum Gasteiger partial charge on any atom is 0.433 e. The molecule has 0 radical (unpaired) electrons. The number of nitrogens with one attached hydrogen (secondary N) is 1. The van der Waals surface area contributed by atoms with Crippen LogP contribution in [0, 0.1) is 0 Å². The molecular formula is C21H15ClF3N7O. The summed E-state index contributed by atoms with van der Waals surface area (Å²) in [4.78, 5) is 16.4. The van der Waals surface area contributed by atoms with Gasteiger partial charge < -0.3 is 5.43 Å². The van der Waals surface area contributed by atoms with Crippen LogP contribution in [0.15, 0.2) is 58.7 Å². The molecule has 0 amide bonds. The molecule has 1 N–H and O–H groups in total. The van der Waals surface area contributed by atoms with Crippen molar-refractivity contribution in [3.05, 3.63) is 81.1 Å². The summed E-state index contributed by atoms with van der Waals surface area (Å²) in [6.45, 7) is 0.583. The Balaban J connectivity index is 1.61. The topological polar surface area (TPSA) is 89.5 Å². The first-order valence-electron chi connectivity index (χ1n) is 9.88. The number of hydrogen-bond donors (Lipinski definition) is 1. The van der Waals surface area contributed by atoms with Crippen LogP contribution in [0.25, 0.3) is 16.8 Å². The summed E-state index contributed by atoms with van der Waals surface area (Å²) in [5.41, 5.74) is 5.03. The predicted octanol–water partition coefficient (Wildman–Crippen LogP) is 3.37. The fraction of sp³-hybridized carbons (Fsp3) is 0.190. The van der Waals surface area contributed by atoms with E-state index in [2.05, 4.69) is 25.7 Å². The fourth-order valence-electron chi connectivity index (χ4n) is 3.62. The van der Waals surface area contributed by atoms with Crippen molar-refractivity contribution in [2.75, 3.05) is 6.54 Å². The third-order valence-electron chi connectivity index (χ3n) is 5.19. The van der Waals surface area contributed by atoms with Crippen molar-refractivity contribution in [3.8, 4) is 11.1 Å². The lowest BCUT2D eigenvalue weighted by atomic mass is 9.98. The molecule has 1 aromatic carbocycles. The molecule has 12 heteroatoms. The Hall–Kier alpha value is -3.73. The van der Waals surface area contributed by atoms with Crippen LogP contribution in [0.4, 0.5) is 13.2 Å². The third kappa shape index (κ3) is 3.95. The first kappa shape index (κ1) is 21.1. The number of pyridine rings is 1. The smallest absolute Gasteiger partial charge is 0.309 e.